The van der Waals surface area contributed by atoms with Gasteiger partial charge in [0.15, 0.2) is 0 Å². The summed E-state index contributed by atoms with van der Waals surface area (Å²) in [6.07, 6.45) is 3.75. The summed E-state index contributed by atoms with van der Waals surface area (Å²) in [5, 5.41) is 8.33. The average molecular weight is 294 g/mol. The van der Waals surface area contributed by atoms with Crippen LogP contribution in [-0.2, 0) is 26.4 Å². The lowest BCUT2D eigenvalue weighted by molar-refractivity contribution is 0.746. The molecule has 20 heavy (non-hydrogen) atoms. The quantitative estimate of drug-likeness (QED) is 0.861. The number of hydrogen-bond acceptors (Lipinski definition) is 4. The summed E-state index contributed by atoms with van der Waals surface area (Å²) in [4.78, 5) is 8.64. The van der Waals surface area contributed by atoms with E-state index in [1.54, 1.807) is 0 Å². The zero-order valence-corrected chi connectivity index (χ0v) is 13.1. The Labute approximate surface area is 124 Å². The molecule has 2 aromatic heterocycles. The molecule has 0 aliphatic rings. The Bertz CT molecular complexity index is 606. The summed E-state index contributed by atoms with van der Waals surface area (Å²) >= 11 is 6.17. The lowest BCUT2D eigenvalue weighted by Crippen LogP contribution is -2.08. The Kier molecular flexibility index (Phi) is 4.60. The van der Waals surface area contributed by atoms with Crippen molar-refractivity contribution >= 4 is 17.4 Å². The molecule has 108 valence electrons. The third-order valence-corrected chi connectivity index (χ3v) is 3.51. The fraction of sp³-hybridized carbons (Fsp3) is 0.500. The highest BCUT2D eigenvalue weighted by molar-refractivity contribution is 6.30. The molecular weight excluding hydrogens is 274 g/mol. The highest BCUT2D eigenvalue weighted by atomic mass is 35.5. The maximum Gasteiger partial charge on any atom is 0.138 e. The molecule has 0 aliphatic heterocycles. The molecule has 0 amide bonds. The van der Waals surface area contributed by atoms with Crippen LogP contribution in [0.2, 0.25) is 5.15 Å². The smallest absolute Gasteiger partial charge is 0.138 e. The molecule has 0 saturated carbocycles. The van der Waals surface area contributed by atoms with E-state index >= 15 is 0 Å². The maximum atomic E-state index is 6.17. The molecule has 0 radical (unpaired) electrons. The zero-order chi connectivity index (χ0) is 14.7. The number of halogens is 1. The molecule has 0 aliphatic carbocycles. The van der Waals surface area contributed by atoms with Gasteiger partial charge in [0.2, 0.25) is 0 Å². The predicted octanol–water partition coefficient (Wildman–Crippen LogP) is 2.91. The van der Waals surface area contributed by atoms with E-state index in [9.17, 15) is 0 Å². The van der Waals surface area contributed by atoms with E-state index in [0.717, 1.165) is 29.9 Å². The van der Waals surface area contributed by atoms with Crippen molar-refractivity contribution in [1.29, 1.82) is 0 Å². The number of nitrogens with one attached hydrogen (secondary N) is 1. The van der Waals surface area contributed by atoms with E-state index in [2.05, 4.69) is 27.3 Å². The van der Waals surface area contributed by atoms with Crippen molar-refractivity contribution in [3.8, 4) is 0 Å². The molecule has 0 saturated heterocycles. The Hall–Kier alpha value is -1.62. The topological polar surface area (TPSA) is 55.6 Å². The number of nitrogens with zero attached hydrogens (tertiary/aromatic N) is 4. The van der Waals surface area contributed by atoms with Crippen LogP contribution in [0, 0.1) is 6.92 Å². The third-order valence-electron chi connectivity index (χ3n) is 3.19. The van der Waals surface area contributed by atoms with Crippen molar-refractivity contribution in [3.05, 3.63) is 34.0 Å². The summed E-state index contributed by atoms with van der Waals surface area (Å²) in [6, 6.07) is 0. The van der Waals surface area contributed by atoms with Gasteiger partial charge in [0, 0.05) is 30.9 Å². The first-order chi connectivity index (χ1) is 9.55. The minimum Gasteiger partial charge on any atom is -0.365 e. The van der Waals surface area contributed by atoms with Crippen LogP contribution in [0.3, 0.4) is 0 Å². The van der Waals surface area contributed by atoms with Gasteiger partial charge < -0.3 is 5.32 Å². The van der Waals surface area contributed by atoms with Gasteiger partial charge in [-0.1, -0.05) is 25.4 Å². The second-order valence-corrected chi connectivity index (χ2v) is 5.08. The van der Waals surface area contributed by atoms with Gasteiger partial charge in [-0.25, -0.2) is 9.97 Å². The Morgan fingerprint density at radius 1 is 1.25 bits per heavy atom. The molecule has 0 atom stereocenters. The first kappa shape index (κ1) is 14.8. The van der Waals surface area contributed by atoms with Gasteiger partial charge in [-0.05, 0) is 19.8 Å². The molecule has 0 aromatic carbocycles. The largest absolute Gasteiger partial charge is 0.365 e. The normalized spacial score (nSPS) is 10.8. The predicted molar refractivity (Wildman–Crippen MR) is 81.1 cm³/mol. The van der Waals surface area contributed by atoms with E-state index in [4.69, 9.17) is 11.6 Å². The lowest BCUT2D eigenvalue weighted by Gasteiger charge is -2.11. The average Bonchev–Trinajstić information content (AvgIpc) is 2.76. The molecule has 0 bridgehead atoms. The number of aryl methyl sites for hydroxylation is 3. The fourth-order valence-electron chi connectivity index (χ4n) is 2.23. The highest BCUT2D eigenvalue weighted by Gasteiger charge is 2.11. The van der Waals surface area contributed by atoms with Gasteiger partial charge in [0.1, 0.15) is 16.8 Å². The summed E-state index contributed by atoms with van der Waals surface area (Å²) < 4.78 is 1.84. The van der Waals surface area contributed by atoms with Crippen molar-refractivity contribution in [2.24, 2.45) is 7.05 Å². The highest BCUT2D eigenvalue weighted by Crippen LogP contribution is 2.22. The molecule has 0 spiro atoms. The van der Waals surface area contributed by atoms with Crippen molar-refractivity contribution < 1.29 is 0 Å². The van der Waals surface area contributed by atoms with E-state index in [-0.39, 0.29) is 0 Å². The zero-order valence-electron chi connectivity index (χ0n) is 12.4. The second kappa shape index (κ2) is 6.22. The fourth-order valence-corrected chi connectivity index (χ4v) is 2.57. The lowest BCUT2D eigenvalue weighted by atomic mass is 10.2. The minimum atomic E-state index is 0.532. The Balaban J connectivity index is 2.22. The molecule has 5 nitrogen and oxygen atoms in total. The summed E-state index contributed by atoms with van der Waals surface area (Å²) in [6.45, 7) is 6.69. The second-order valence-electron chi connectivity index (χ2n) is 4.72. The van der Waals surface area contributed by atoms with Gasteiger partial charge in [0.05, 0.1) is 5.69 Å². The van der Waals surface area contributed by atoms with Crippen LogP contribution < -0.4 is 5.32 Å². The van der Waals surface area contributed by atoms with Gasteiger partial charge in [-0.15, -0.1) is 0 Å². The van der Waals surface area contributed by atoms with Crippen molar-refractivity contribution in [2.45, 2.75) is 40.2 Å². The Morgan fingerprint density at radius 3 is 2.65 bits per heavy atom. The first-order valence-corrected chi connectivity index (χ1v) is 7.21. The number of aromatic nitrogens is 4. The van der Waals surface area contributed by atoms with E-state index in [0.29, 0.717) is 17.5 Å². The maximum absolute atomic E-state index is 6.17. The van der Waals surface area contributed by atoms with Gasteiger partial charge in [-0.2, -0.15) is 5.10 Å². The SMILES string of the molecule is CCc1nn(C)cc1CNc1nc(C)nc(Cl)c1CC. The number of hydrogen-bond donors (Lipinski definition) is 1. The van der Waals surface area contributed by atoms with Crippen molar-refractivity contribution in [1.82, 2.24) is 19.7 Å². The number of rotatable bonds is 5. The first-order valence-electron chi connectivity index (χ1n) is 6.83. The third kappa shape index (κ3) is 3.10. The molecule has 2 aromatic rings. The monoisotopic (exact) mass is 293 g/mol. The molecule has 2 rings (SSSR count). The van der Waals surface area contributed by atoms with Gasteiger partial charge in [-0.3, -0.25) is 4.68 Å². The van der Waals surface area contributed by atoms with Crippen LogP contribution in [-0.4, -0.2) is 19.7 Å². The van der Waals surface area contributed by atoms with Gasteiger partial charge in [0.25, 0.3) is 0 Å². The van der Waals surface area contributed by atoms with Crippen LogP contribution in [0.5, 0.6) is 0 Å². The van der Waals surface area contributed by atoms with Crippen LogP contribution >= 0.6 is 11.6 Å². The molecule has 0 unspecified atom stereocenters. The molecule has 6 heteroatoms. The van der Waals surface area contributed by atoms with E-state index in [1.807, 2.05) is 31.8 Å². The van der Waals surface area contributed by atoms with Gasteiger partial charge >= 0.3 is 0 Å². The van der Waals surface area contributed by atoms with Crippen LogP contribution in [0.1, 0.15) is 36.5 Å². The standard InChI is InChI=1S/C14H20ClN5/c1-5-11-13(15)17-9(3)18-14(11)16-7-10-8-20(4)19-12(10)6-2/h8H,5-7H2,1-4H3,(H,16,17,18). The molecule has 2 heterocycles. The molecule has 1 N–H and O–H groups in total. The Morgan fingerprint density at radius 2 is 2.00 bits per heavy atom. The molecule has 0 fully saturated rings. The van der Waals surface area contributed by atoms with Crippen LogP contribution in [0.4, 0.5) is 5.82 Å². The summed E-state index contributed by atoms with van der Waals surface area (Å²) in [5.41, 5.74) is 3.25. The summed E-state index contributed by atoms with van der Waals surface area (Å²) in [7, 11) is 1.94. The van der Waals surface area contributed by atoms with Crippen molar-refractivity contribution in [2.75, 3.05) is 5.32 Å². The van der Waals surface area contributed by atoms with E-state index < -0.39 is 0 Å². The number of anilines is 1. The van der Waals surface area contributed by atoms with E-state index in [1.165, 1.54) is 5.56 Å². The summed E-state index contributed by atoms with van der Waals surface area (Å²) in [5.74, 6) is 1.49. The van der Waals surface area contributed by atoms with Crippen molar-refractivity contribution in [3.63, 3.8) is 0 Å². The van der Waals surface area contributed by atoms with Crippen LogP contribution in [0.15, 0.2) is 6.20 Å². The molecular formula is C14H20ClN5. The minimum absolute atomic E-state index is 0.532. The van der Waals surface area contributed by atoms with Crippen LogP contribution in [0.25, 0.3) is 0 Å².